The van der Waals surface area contributed by atoms with Crippen LogP contribution in [0.15, 0.2) is 77.7 Å². The summed E-state index contributed by atoms with van der Waals surface area (Å²) in [6.07, 6.45) is -0.378. The van der Waals surface area contributed by atoms with Crippen LogP contribution in [0, 0.1) is 5.82 Å². The summed E-state index contributed by atoms with van der Waals surface area (Å²) in [6, 6.07) is 19.0. The second kappa shape index (κ2) is 8.63. The van der Waals surface area contributed by atoms with Gasteiger partial charge in [0.2, 0.25) is 5.91 Å². The van der Waals surface area contributed by atoms with E-state index in [0.29, 0.717) is 17.1 Å². The molecule has 0 bridgehead atoms. The molecule has 0 saturated carbocycles. The third-order valence-electron chi connectivity index (χ3n) is 5.34. The lowest BCUT2D eigenvalue weighted by Crippen LogP contribution is -2.42. The molecule has 8 heteroatoms. The Kier molecular flexibility index (Phi) is 5.88. The maximum Gasteiger partial charge on any atom is 0.264 e. The lowest BCUT2D eigenvalue weighted by Gasteiger charge is -2.34. The predicted octanol–water partition coefficient (Wildman–Crippen LogP) is 4.54. The molecule has 0 saturated heterocycles. The highest BCUT2D eigenvalue weighted by molar-refractivity contribution is 7.92. The summed E-state index contributed by atoms with van der Waals surface area (Å²) in [6.45, 7) is 3.66. The average molecular weight is 455 g/mol. The third kappa shape index (κ3) is 4.31. The van der Waals surface area contributed by atoms with E-state index >= 15 is 0 Å². The molecule has 2 atom stereocenters. The van der Waals surface area contributed by atoms with Gasteiger partial charge in [-0.05, 0) is 61.9 Å². The zero-order valence-corrected chi connectivity index (χ0v) is 18.5. The first-order valence-corrected chi connectivity index (χ1v) is 11.6. The molecule has 0 fully saturated rings. The van der Waals surface area contributed by atoms with Gasteiger partial charge in [-0.15, -0.1) is 0 Å². The van der Waals surface area contributed by atoms with Crippen LogP contribution in [-0.4, -0.2) is 27.0 Å². The van der Waals surface area contributed by atoms with Crippen LogP contribution < -0.4 is 14.4 Å². The summed E-state index contributed by atoms with van der Waals surface area (Å²) in [5, 5.41) is 2.86. The number of hydrogen-bond acceptors (Lipinski definition) is 4. The maximum atomic E-state index is 13.3. The Labute approximate surface area is 186 Å². The monoisotopic (exact) mass is 454 g/mol. The maximum absolute atomic E-state index is 13.3. The van der Waals surface area contributed by atoms with Crippen molar-refractivity contribution in [3.63, 3.8) is 0 Å². The number of anilines is 2. The Hall–Kier alpha value is -3.39. The van der Waals surface area contributed by atoms with Crippen LogP contribution in [0.2, 0.25) is 0 Å². The molecule has 1 aliphatic heterocycles. The van der Waals surface area contributed by atoms with Crippen molar-refractivity contribution in [1.29, 1.82) is 0 Å². The second-order valence-electron chi connectivity index (χ2n) is 7.72. The lowest BCUT2D eigenvalue weighted by atomic mass is 10.0. The van der Waals surface area contributed by atoms with E-state index in [1.807, 2.05) is 30.3 Å². The fourth-order valence-electron chi connectivity index (χ4n) is 3.58. The molecule has 6 nitrogen and oxygen atoms in total. The molecule has 1 aliphatic rings. The Morgan fingerprint density at radius 2 is 1.78 bits per heavy atom. The van der Waals surface area contributed by atoms with E-state index in [9.17, 15) is 17.6 Å². The second-order valence-corrected chi connectivity index (χ2v) is 9.58. The van der Waals surface area contributed by atoms with Crippen LogP contribution in [0.25, 0.3) is 0 Å². The summed E-state index contributed by atoms with van der Waals surface area (Å²) in [5.74, 6) is -0.725. The standard InChI is InChI=1S/C24H23FN2O4S/c1-16-15-27(32(29,30)21-11-8-19(25)9-12-21)22-14-20(10-13-23(22)31-16)26-24(28)17(2)18-6-4-3-5-7-18/h3-14,16-17H,15H2,1-2H3,(H,26,28). The molecule has 1 amide bonds. The van der Waals surface area contributed by atoms with Crippen molar-refractivity contribution >= 4 is 27.3 Å². The smallest absolute Gasteiger partial charge is 0.264 e. The van der Waals surface area contributed by atoms with Gasteiger partial charge in [-0.3, -0.25) is 9.10 Å². The zero-order chi connectivity index (χ0) is 22.9. The number of rotatable bonds is 5. The predicted molar refractivity (Wildman–Crippen MR) is 121 cm³/mol. The molecule has 3 aromatic rings. The first-order valence-electron chi connectivity index (χ1n) is 10.2. The fourth-order valence-corrected chi connectivity index (χ4v) is 5.12. The Morgan fingerprint density at radius 1 is 1.09 bits per heavy atom. The van der Waals surface area contributed by atoms with E-state index in [4.69, 9.17) is 4.74 Å². The van der Waals surface area contributed by atoms with Crippen molar-refractivity contribution in [2.45, 2.75) is 30.8 Å². The van der Waals surface area contributed by atoms with Crippen LogP contribution in [0.5, 0.6) is 5.75 Å². The van der Waals surface area contributed by atoms with E-state index in [1.165, 1.54) is 16.4 Å². The van der Waals surface area contributed by atoms with Crippen LogP contribution in [-0.2, 0) is 14.8 Å². The van der Waals surface area contributed by atoms with Crippen LogP contribution >= 0.6 is 0 Å². The SMILES string of the molecule is CC1CN(S(=O)(=O)c2ccc(F)cc2)c2cc(NC(=O)C(C)c3ccccc3)ccc2O1. The first-order chi connectivity index (χ1) is 15.3. The molecular formula is C24H23FN2O4S. The van der Waals surface area contributed by atoms with Crippen molar-refractivity contribution in [3.8, 4) is 5.75 Å². The Morgan fingerprint density at radius 3 is 2.47 bits per heavy atom. The van der Waals surface area contributed by atoms with E-state index in [2.05, 4.69) is 5.32 Å². The van der Waals surface area contributed by atoms with Gasteiger partial charge in [-0.25, -0.2) is 12.8 Å². The topological polar surface area (TPSA) is 75.7 Å². The highest BCUT2D eigenvalue weighted by Gasteiger charge is 2.33. The van der Waals surface area contributed by atoms with Crippen molar-refractivity contribution in [1.82, 2.24) is 0 Å². The number of carbonyl (C=O) groups excluding carboxylic acids is 1. The van der Waals surface area contributed by atoms with Gasteiger partial charge >= 0.3 is 0 Å². The molecule has 1 heterocycles. The van der Waals surface area contributed by atoms with Crippen molar-refractivity contribution < 1.29 is 22.3 Å². The third-order valence-corrected chi connectivity index (χ3v) is 7.13. The lowest BCUT2D eigenvalue weighted by molar-refractivity contribution is -0.117. The van der Waals surface area contributed by atoms with Gasteiger partial charge in [-0.1, -0.05) is 30.3 Å². The largest absolute Gasteiger partial charge is 0.487 e. The number of hydrogen-bond donors (Lipinski definition) is 1. The number of nitrogens with one attached hydrogen (secondary N) is 1. The van der Waals surface area contributed by atoms with Crippen molar-refractivity contribution in [2.24, 2.45) is 0 Å². The Bertz CT molecular complexity index is 1230. The van der Waals surface area contributed by atoms with E-state index in [1.54, 1.807) is 32.0 Å². The molecule has 0 spiro atoms. The molecule has 2 unspecified atom stereocenters. The van der Waals surface area contributed by atoms with Crippen LogP contribution in [0.1, 0.15) is 25.3 Å². The minimum atomic E-state index is -3.96. The molecule has 32 heavy (non-hydrogen) atoms. The number of halogens is 1. The summed E-state index contributed by atoms with van der Waals surface area (Å²) >= 11 is 0. The molecule has 4 rings (SSSR count). The number of sulfonamides is 1. The van der Waals surface area contributed by atoms with Crippen molar-refractivity contribution in [2.75, 3.05) is 16.2 Å². The minimum absolute atomic E-state index is 0.0221. The number of nitrogens with zero attached hydrogens (tertiary/aromatic N) is 1. The summed E-state index contributed by atoms with van der Waals surface area (Å²) in [7, 11) is -3.96. The molecule has 166 valence electrons. The molecule has 0 aliphatic carbocycles. The summed E-state index contributed by atoms with van der Waals surface area (Å²) < 4.78 is 46.9. The number of carbonyl (C=O) groups is 1. The Balaban J connectivity index is 1.65. The number of benzene rings is 3. The molecule has 0 aromatic heterocycles. The normalized spacial score (nSPS) is 16.6. The first kappa shape index (κ1) is 21.8. The summed E-state index contributed by atoms with van der Waals surface area (Å²) in [4.78, 5) is 12.7. The fraction of sp³-hybridized carbons (Fsp3) is 0.208. The van der Waals surface area contributed by atoms with Crippen LogP contribution in [0.3, 0.4) is 0 Å². The number of fused-ring (bicyclic) bond motifs is 1. The summed E-state index contributed by atoms with van der Waals surface area (Å²) in [5.41, 5.74) is 1.65. The van der Waals surface area contributed by atoms with Gasteiger partial charge in [0, 0.05) is 5.69 Å². The van der Waals surface area contributed by atoms with Gasteiger partial charge in [-0.2, -0.15) is 0 Å². The van der Waals surface area contributed by atoms with Crippen LogP contribution in [0.4, 0.5) is 15.8 Å². The van der Waals surface area contributed by atoms with Gasteiger partial charge in [0.15, 0.2) is 0 Å². The molecule has 1 N–H and O–H groups in total. The average Bonchev–Trinajstić information content (AvgIpc) is 2.79. The van der Waals surface area contributed by atoms with E-state index in [-0.39, 0.29) is 29.4 Å². The molecule has 3 aromatic carbocycles. The van der Waals surface area contributed by atoms with Gasteiger partial charge in [0.25, 0.3) is 10.0 Å². The minimum Gasteiger partial charge on any atom is -0.487 e. The van der Waals surface area contributed by atoms with Gasteiger partial charge in [0.05, 0.1) is 23.0 Å². The van der Waals surface area contributed by atoms with Crippen molar-refractivity contribution in [3.05, 3.63) is 84.2 Å². The van der Waals surface area contributed by atoms with Gasteiger partial charge in [0.1, 0.15) is 17.7 Å². The highest BCUT2D eigenvalue weighted by Crippen LogP contribution is 2.39. The van der Waals surface area contributed by atoms with Gasteiger partial charge < -0.3 is 10.1 Å². The molecular weight excluding hydrogens is 431 g/mol. The number of ether oxygens (including phenoxy) is 1. The zero-order valence-electron chi connectivity index (χ0n) is 17.7. The quantitative estimate of drug-likeness (QED) is 0.614. The highest BCUT2D eigenvalue weighted by atomic mass is 32.2. The number of amides is 1. The van der Waals surface area contributed by atoms with E-state index in [0.717, 1.165) is 17.7 Å². The van der Waals surface area contributed by atoms with E-state index < -0.39 is 15.8 Å². The molecule has 0 radical (unpaired) electrons.